The number of ether oxygens (including phenoxy) is 2. The minimum atomic E-state index is -0.229. The topological polar surface area (TPSA) is 91.4 Å². The molecule has 4 aromatic rings. The van der Waals surface area contributed by atoms with E-state index in [0.717, 1.165) is 17.0 Å². The Morgan fingerprint density at radius 2 is 1.97 bits per heavy atom. The molecule has 0 bridgehead atoms. The van der Waals surface area contributed by atoms with Gasteiger partial charge in [-0.25, -0.2) is 0 Å². The summed E-state index contributed by atoms with van der Waals surface area (Å²) in [7, 11) is 1.57. The highest BCUT2D eigenvalue weighted by atomic mass is 16.5. The molecular formula is C24H24N4O4. The first kappa shape index (κ1) is 21.2. The van der Waals surface area contributed by atoms with Crippen molar-refractivity contribution in [1.29, 1.82) is 0 Å². The van der Waals surface area contributed by atoms with E-state index < -0.39 is 0 Å². The monoisotopic (exact) mass is 432 g/mol. The zero-order chi connectivity index (χ0) is 22.7. The number of amides is 1. The molecule has 0 aliphatic heterocycles. The van der Waals surface area contributed by atoms with Crippen LogP contribution >= 0.6 is 0 Å². The molecule has 8 nitrogen and oxygen atoms in total. The van der Waals surface area contributed by atoms with Crippen LogP contribution in [0.2, 0.25) is 0 Å². The van der Waals surface area contributed by atoms with Crippen molar-refractivity contribution in [2.75, 3.05) is 12.4 Å². The third-order valence-corrected chi connectivity index (χ3v) is 5.06. The van der Waals surface area contributed by atoms with Gasteiger partial charge in [0.2, 0.25) is 0 Å². The Hall–Kier alpha value is -4.07. The number of anilines is 1. The van der Waals surface area contributed by atoms with E-state index in [1.807, 2.05) is 49.6 Å². The van der Waals surface area contributed by atoms with Gasteiger partial charge >= 0.3 is 0 Å². The molecule has 4 rings (SSSR count). The maximum Gasteiger partial charge on any atom is 0.257 e. The highest BCUT2D eigenvalue weighted by Crippen LogP contribution is 2.31. The minimum absolute atomic E-state index is 0.229. The molecule has 8 heteroatoms. The van der Waals surface area contributed by atoms with Gasteiger partial charge in [-0.3, -0.25) is 14.3 Å². The van der Waals surface area contributed by atoms with Crippen LogP contribution in [0.5, 0.6) is 11.5 Å². The lowest BCUT2D eigenvalue weighted by Crippen LogP contribution is -2.13. The molecular weight excluding hydrogens is 408 g/mol. The first-order valence-corrected chi connectivity index (χ1v) is 10.1. The van der Waals surface area contributed by atoms with Crippen molar-refractivity contribution >= 4 is 11.6 Å². The summed E-state index contributed by atoms with van der Waals surface area (Å²) >= 11 is 0. The second-order valence-electron chi connectivity index (χ2n) is 7.39. The largest absolute Gasteiger partial charge is 0.493 e. The maximum absolute atomic E-state index is 13.0. The van der Waals surface area contributed by atoms with Crippen molar-refractivity contribution in [3.8, 4) is 17.3 Å². The third-order valence-electron chi connectivity index (χ3n) is 5.06. The van der Waals surface area contributed by atoms with Crippen LogP contribution < -0.4 is 14.8 Å². The van der Waals surface area contributed by atoms with Crippen LogP contribution in [-0.2, 0) is 6.61 Å². The van der Waals surface area contributed by atoms with Crippen molar-refractivity contribution in [1.82, 2.24) is 14.7 Å². The average molecular weight is 432 g/mol. The highest BCUT2D eigenvalue weighted by molar-refractivity contribution is 6.05. The lowest BCUT2D eigenvalue weighted by atomic mass is 10.2. The minimum Gasteiger partial charge on any atom is -0.493 e. The summed E-state index contributed by atoms with van der Waals surface area (Å²) in [6, 6.07) is 12.7. The van der Waals surface area contributed by atoms with Gasteiger partial charge in [0.15, 0.2) is 17.3 Å². The van der Waals surface area contributed by atoms with Crippen LogP contribution in [-0.4, -0.2) is 27.7 Å². The molecule has 3 heterocycles. The number of pyridine rings is 1. The van der Waals surface area contributed by atoms with Gasteiger partial charge in [0.1, 0.15) is 12.4 Å². The molecule has 0 radical (unpaired) electrons. The standard InChI is InChI=1S/C24H24N4O4/c1-15-10-20(17(3)28(15)23-11-16(2)32-27-23)24(29)26-19-7-8-21(30-4)22(12-19)31-14-18-6-5-9-25-13-18/h5-13H,14H2,1-4H3,(H,26,29). The number of hydrogen-bond donors (Lipinski definition) is 1. The van der Waals surface area contributed by atoms with Crippen molar-refractivity contribution in [3.05, 3.63) is 83.1 Å². The van der Waals surface area contributed by atoms with Crippen LogP contribution in [0.1, 0.15) is 33.1 Å². The number of rotatable bonds is 7. The SMILES string of the molecule is COc1ccc(NC(=O)c2cc(C)n(-c3cc(C)on3)c2C)cc1OCc1cccnc1. The predicted octanol–water partition coefficient (Wildman–Crippen LogP) is 4.63. The molecule has 3 aromatic heterocycles. The number of nitrogens with one attached hydrogen (secondary N) is 1. The molecule has 0 fully saturated rings. The number of methoxy groups -OCH3 is 1. The molecule has 0 aliphatic rings. The van der Waals surface area contributed by atoms with Crippen LogP contribution in [0.4, 0.5) is 5.69 Å². The second kappa shape index (κ2) is 8.97. The number of hydrogen-bond acceptors (Lipinski definition) is 6. The smallest absolute Gasteiger partial charge is 0.257 e. The van der Waals surface area contributed by atoms with E-state index in [2.05, 4.69) is 15.5 Å². The van der Waals surface area contributed by atoms with E-state index in [4.69, 9.17) is 14.0 Å². The molecule has 1 aromatic carbocycles. The fourth-order valence-corrected chi connectivity index (χ4v) is 3.51. The van der Waals surface area contributed by atoms with E-state index in [0.29, 0.717) is 40.9 Å². The van der Waals surface area contributed by atoms with Crippen LogP contribution in [0.15, 0.2) is 59.4 Å². The Labute approximate surface area is 185 Å². The average Bonchev–Trinajstić information content (AvgIpc) is 3.34. The second-order valence-corrected chi connectivity index (χ2v) is 7.39. The number of aromatic nitrogens is 3. The fraction of sp³-hybridized carbons (Fsp3) is 0.208. The van der Waals surface area contributed by atoms with Gasteiger partial charge in [-0.05, 0) is 45.0 Å². The van der Waals surface area contributed by atoms with E-state index >= 15 is 0 Å². The summed E-state index contributed by atoms with van der Waals surface area (Å²) in [5.41, 5.74) is 3.74. The predicted molar refractivity (Wildman–Crippen MR) is 120 cm³/mol. The summed E-state index contributed by atoms with van der Waals surface area (Å²) in [5.74, 6) is 2.22. The quantitative estimate of drug-likeness (QED) is 0.458. The first-order valence-electron chi connectivity index (χ1n) is 10.1. The van der Waals surface area contributed by atoms with Gasteiger partial charge in [-0.1, -0.05) is 11.2 Å². The summed E-state index contributed by atoms with van der Waals surface area (Å²) in [4.78, 5) is 17.1. The van der Waals surface area contributed by atoms with E-state index in [1.165, 1.54) is 0 Å². The molecule has 32 heavy (non-hydrogen) atoms. The van der Waals surface area contributed by atoms with Gasteiger partial charge in [0.05, 0.1) is 12.7 Å². The molecule has 0 saturated carbocycles. The van der Waals surface area contributed by atoms with Gasteiger partial charge in [0, 0.05) is 47.2 Å². The maximum atomic E-state index is 13.0. The molecule has 0 atom stereocenters. The number of nitrogens with zero attached hydrogens (tertiary/aromatic N) is 3. The normalized spacial score (nSPS) is 10.8. The zero-order valence-corrected chi connectivity index (χ0v) is 18.4. The lowest BCUT2D eigenvalue weighted by Gasteiger charge is -2.13. The zero-order valence-electron chi connectivity index (χ0n) is 18.4. The Bertz CT molecular complexity index is 1240. The lowest BCUT2D eigenvalue weighted by molar-refractivity contribution is 0.102. The molecule has 1 amide bonds. The molecule has 164 valence electrons. The van der Waals surface area contributed by atoms with Gasteiger partial charge < -0.3 is 19.3 Å². The number of benzene rings is 1. The molecule has 1 N–H and O–H groups in total. The fourth-order valence-electron chi connectivity index (χ4n) is 3.51. The number of aryl methyl sites for hydroxylation is 2. The number of carbonyl (C=O) groups is 1. The van der Waals surface area contributed by atoms with Crippen LogP contribution in [0.25, 0.3) is 5.82 Å². The van der Waals surface area contributed by atoms with Crippen molar-refractivity contribution in [3.63, 3.8) is 0 Å². The Balaban J connectivity index is 1.54. The van der Waals surface area contributed by atoms with Crippen molar-refractivity contribution in [2.24, 2.45) is 0 Å². The van der Waals surface area contributed by atoms with E-state index in [9.17, 15) is 4.79 Å². The Morgan fingerprint density at radius 1 is 1.12 bits per heavy atom. The summed E-state index contributed by atoms with van der Waals surface area (Å²) in [6.45, 7) is 5.96. The van der Waals surface area contributed by atoms with Gasteiger partial charge in [0.25, 0.3) is 5.91 Å². The highest BCUT2D eigenvalue weighted by Gasteiger charge is 2.19. The molecule has 0 saturated heterocycles. The Kier molecular flexibility index (Phi) is 5.93. The van der Waals surface area contributed by atoms with Crippen LogP contribution in [0, 0.1) is 20.8 Å². The summed E-state index contributed by atoms with van der Waals surface area (Å²) in [5, 5.41) is 7.00. The molecule has 0 unspecified atom stereocenters. The van der Waals surface area contributed by atoms with Crippen molar-refractivity contribution in [2.45, 2.75) is 27.4 Å². The third kappa shape index (κ3) is 4.34. The number of carbonyl (C=O) groups excluding carboxylic acids is 1. The first-order chi connectivity index (χ1) is 15.5. The molecule has 0 aliphatic carbocycles. The summed E-state index contributed by atoms with van der Waals surface area (Å²) in [6.07, 6.45) is 3.45. The van der Waals surface area contributed by atoms with E-state index in [-0.39, 0.29) is 5.91 Å². The van der Waals surface area contributed by atoms with Gasteiger partial charge in [-0.2, -0.15) is 0 Å². The summed E-state index contributed by atoms with van der Waals surface area (Å²) < 4.78 is 18.4. The van der Waals surface area contributed by atoms with Crippen LogP contribution in [0.3, 0.4) is 0 Å². The van der Waals surface area contributed by atoms with Gasteiger partial charge in [-0.15, -0.1) is 0 Å². The molecule has 0 spiro atoms. The van der Waals surface area contributed by atoms with E-state index in [1.54, 1.807) is 37.7 Å². The Morgan fingerprint density at radius 3 is 2.66 bits per heavy atom. The van der Waals surface area contributed by atoms with Crippen molar-refractivity contribution < 1.29 is 18.8 Å².